The summed E-state index contributed by atoms with van der Waals surface area (Å²) in [6.45, 7) is 0. The molecule has 0 aliphatic carbocycles. The molecule has 0 atom stereocenters. The summed E-state index contributed by atoms with van der Waals surface area (Å²) < 4.78 is 31.8. The van der Waals surface area contributed by atoms with Gasteiger partial charge >= 0.3 is 0 Å². The van der Waals surface area contributed by atoms with E-state index in [9.17, 15) is 8.78 Å². The minimum atomic E-state index is -0.687. The van der Waals surface area contributed by atoms with Crippen molar-refractivity contribution < 1.29 is 18.7 Å². The highest BCUT2D eigenvalue weighted by atomic mass is 32.2. The van der Waals surface area contributed by atoms with E-state index in [-0.39, 0.29) is 10.7 Å². The lowest BCUT2D eigenvalue weighted by molar-refractivity contribution is 0.318. The van der Waals surface area contributed by atoms with Crippen LogP contribution in [0.4, 0.5) is 8.78 Å². The Morgan fingerprint density at radius 3 is 2.57 bits per heavy atom. The van der Waals surface area contributed by atoms with Gasteiger partial charge in [0.1, 0.15) is 17.4 Å². The van der Waals surface area contributed by atoms with Crippen molar-refractivity contribution in [3.8, 4) is 5.75 Å². The Balaban J connectivity index is 2.46. The highest BCUT2D eigenvalue weighted by Gasteiger charge is 2.13. The molecule has 0 unspecified atom stereocenters. The molecule has 110 valence electrons. The molecule has 2 aromatic carbocycles. The summed E-state index contributed by atoms with van der Waals surface area (Å²) in [7, 11) is 1.49. The van der Waals surface area contributed by atoms with Crippen LogP contribution in [-0.2, 0) is 0 Å². The maximum atomic E-state index is 13.7. The molecule has 2 rings (SSSR count). The third-order valence-electron chi connectivity index (χ3n) is 2.69. The Kier molecular flexibility index (Phi) is 4.64. The molecule has 0 fully saturated rings. The summed E-state index contributed by atoms with van der Waals surface area (Å²) in [6, 6.07) is 8.14. The van der Waals surface area contributed by atoms with Crippen LogP contribution in [0.25, 0.3) is 0 Å². The average Bonchev–Trinajstić information content (AvgIpc) is 2.49. The number of halogens is 2. The smallest absolute Gasteiger partial charge is 0.171 e. The minimum Gasteiger partial charge on any atom is -0.497 e. The van der Waals surface area contributed by atoms with Gasteiger partial charge in [0.25, 0.3) is 0 Å². The Hall–Kier alpha value is -2.28. The zero-order valence-corrected chi connectivity index (χ0v) is 11.8. The average molecular weight is 310 g/mol. The van der Waals surface area contributed by atoms with E-state index in [0.717, 1.165) is 23.9 Å². The molecular formula is C14H12F2N2O2S. The third-order valence-corrected chi connectivity index (χ3v) is 3.79. The number of ether oxygens (including phenoxy) is 1. The van der Waals surface area contributed by atoms with Crippen LogP contribution < -0.4 is 10.5 Å². The number of hydrogen-bond donors (Lipinski definition) is 2. The van der Waals surface area contributed by atoms with E-state index in [1.807, 2.05) is 0 Å². The second-order valence-corrected chi connectivity index (χ2v) is 5.11. The van der Waals surface area contributed by atoms with Gasteiger partial charge in [-0.3, -0.25) is 0 Å². The second kappa shape index (κ2) is 6.45. The molecule has 0 radical (unpaired) electrons. The topological polar surface area (TPSA) is 67.8 Å². The van der Waals surface area contributed by atoms with Gasteiger partial charge in [0, 0.05) is 21.4 Å². The van der Waals surface area contributed by atoms with Crippen LogP contribution >= 0.6 is 11.8 Å². The number of amidine groups is 1. The highest BCUT2D eigenvalue weighted by molar-refractivity contribution is 7.99. The van der Waals surface area contributed by atoms with Gasteiger partial charge in [-0.15, -0.1) is 0 Å². The number of nitrogens with zero attached hydrogens (tertiary/aromatic N) is 1. The van der Waals surface area contributed by atoms with Crippen molar-refractivity contribution in [3.63, 3.8) is 0 Å². The van der Waals surface area contributed by atoms with Crippen molar-refractivity contribution in [3.05, 3.63) is 53.6 Å². The third kappa shape index (κ3) is 3.43. The van der Waals surface area contributed by atoms with Crippen LogP contribution in [0.2, 0.25) is 0 Å². The SMILES string of the molecule is COc1ccc(/C(N)=N/O)c(Sc2ccc(F)cc2F)c1. The van der Waals surface area contributed by atoms with Crippen LogP contribution in [0.3, 0.4) is 0 Å². The van der Waals surface area contributed by atoms with Gasteiger partial charge in [-0.1, -0.05) is 16.9 Å². The van der Waals surface area contributed by atoms with Crippen molar-refractivity contribution in [1.29, 1.82) is 0 Å². The maximum absolute atomic E-state index is 13.7. The molecule has 3 N–H and O–H groups in total. The second-order valence-electron chi connectivity index (χ2n) is 4.02. The number of oxime groups is 1. The monoisotopic (exact) mass is 310 g/mol. The maximum Gasteiger partial charge on any atom is 0.171 e. The quantitative estimate of drug-likeness (QED) is 0.394. The van der Waals surface area contributed by atoms with Crippen LogP contribution in [0, 0.1) is 11.6 Å². The van der Waals surface area contributed by atoms with E-state index < -0.39 is 11.6 Å². The fourth-order valence-corrected chi connectivity index (χ4v) is 2.64. The van der Waals surface area contributed by atoms with Crippen molar-refractivity contribution in [1.82, 2.24) is 0 Å². The molecule has 0 saturated heterocycles. The fourth-order valence-electron chi connectivity index (χ4n) is 1.66. The van der Waals surface area contributed by atoms with Crippen LogP contribution in [0.1, 0.15) is 5.56 Å². The molecule has 0 aliphatic heterocycles. The fraction of sp³-hybridized carbons (Fsp3) is 0.0714. The van der Waals surface area contributed by atoms with Gasteiger partial charge in [0.2, 0.25) is 0 Å². The van der Waals surface area contributed by atoms with Gasteiger partial charge in [0.05, 0.1) is 7.11 Å². The van der Waals surface area contributed by atoms with Gasteiger partial charge in [-0.2, -0.15) is 0 Å². The normalized spacial score (nSPS) is 11.5. The van der Waals surface area contributed by atoms with Gasteiger partial charge in [0.15, 0.2) is 5.84 Å². The summed E-state index contributed by atoms with van der Waals surface area (Å²) in [6.07, 6.45) is 0. The van der Waals surface area contributed by atoms with E-state index in [2.05, 4.69) is 5.16 Å². The molecule has 4 nitrogen and oxygen atoms in total. The Morgan fingerprint density at radius 1 is 1.19 bits per heavy atom. The van der Waals surface area contributed by atoms with Crippen molar-refractivity contribution in [2.75, 3.05) is 7.11 Å². The van der Waals surface area contributed by atoms with E-state index in [1.165, 1.54) is 13.2 Å². The molecule has 0 saturated carbocycles. The predicted molar refractivity (Wildman–Crippen MR) is 76.0 cm³/mol. The van der Waals surface area contributed by atoms with E-state index in [1.54, 1.807) is 18.2 Å². The van der Waals surface area contributed by atoms with E-state index >= 15 is 0 Å². The predicted octanol–water partition coefficient (Wildman–Crippen LogP) is 3.22. The number of methoxy groups -OCH3 is 1. The first kappa shape index (κ1) is 15.1. The Labute approximate surface area is 124 Å². The lowest BCUT2D eigenvalue weighted by Gasteiger charge is -2.10. The highest BCUT2D eigenvalue weighted by Crippen LogP contribution is 2.34. The minimum absolute atomic E-state index is 0.109. The first-order chi connectivity index (χ1) is 10.0. The Morgan fingerprint density at radius 2 is 1.95 bits per heavy atom. The Bertz CT molecular complexity index is 693. The summed E-state index contributed by atoms with van der Waals surface area (Å²) in [4.78, 5) is 0.742. The largest absolute Gasteiger partial charge is 0.497 e. The van der Waals surface area contributed by atoms with Gasteiger partial charge < -0.3 is 15.7 Å². The molecule has 0 aromatic heterocycles. The molecule has 21 heavy (non-hydrogen) atoms. The first-order valence-corrected chi connectivity index (χ1v) is 6.65. The lowest BCUT2D eigenvalue weighted by Crippen LogP contribution is -2.14. The molecular weight excluding hydrogens is 298 g/mol. The van der Waals surface area contributed by atoms with Crippen molar-refractivity contribution >= 4 is 17.6 Å². The molecule has 0 amide bonds. The van der Waals surface area contributed by atoms with Crippen LogP contribution in [0.15, 0.2) is 51.3 Å². The van der Waals surface area contributed by atoms with Crippen molar-refractivity contribution in [2.24, 2.45) is 10.9 Å². The molecule has 0 spiro atoms. The number of benzene rings is 2. The van der Waals surface area contributed by atoms with Gasteiger partial charge in [-0.25, -0.2) is 8.78 Å². The lowest BCUT2D eigenvalue weighted by atomic mass is 10.2. The van der Waals surface area contributed by atoms with Crippen LogP contribution in [0.5, 0.6) is 5.75 Å². The number of hydrogen-bond acceptors (Lipinski definition) is 4. The van der Waals surface area contributed by atoms with Gasteiger partial charge in [-0.05, 0) is 30.3 Å². The molecule has 0 aliphatic rings. The first-order valence-electron chi connectivity index (χ1n) is 5.84. The summed E-state index contributed by atoms with van der Waals surface area (Å²) in [5.41, 5.74) is 6.02. The summed E-state index contributed by atoms with van der Waals surface area (Å²) >= 11 is 1.03. The zero-order valence-electron chi connectivity index (χ0n) is 11.0. The van der Waals surface area contributed by atoms with E-state index in [4.69, 9.17) is 15.7 Å². The summed E-state index contributed by atoms with van der Waals surface area (Å²) in [5, 5.41) is 11.7. The molecule has 7 heteroatoms. The molecule has 2 aromatic rings. The van der Waals surface area contributed by atoms with Crippen molar-refractivity contribution in [2.45, 2.75) is 9.79 Å². The standard InChI is InChI=1S/C14H12F2N2O2S/c1-20-9-3-4-10(14(17)18-19)13(7-9)21-12-5-2-8(15)6-11(12)16/h2-7,19H,1H3,(H2,17,18). The molecule has 0 heterocycles. The number of nitrogens with two attached hydrogens (primary N) is 1. The number of rotatable bonds is 4. The molecule has 0 bridgehead atoms. The zero-order chi connectivity index (χ0) is 15.4. The van der Waals surface area contributed by atoms with Crippen LogP contribution in [-0.4, -0.2) is 18.2 Å². The van der Waals surface area contributed by atoms with E-state index in [0.29, 0.717) is 16.2 Å². The summed E-state index contributed by atoms with van der Waals surface area (Å²) in [5.74, 6) is -0.912.